The average molecular weight is 507 g/mol. The molecule has 4 atom stereocenters. The molecule has 0 saturated carbocycles. The van der Waals surface area contributed by atoms with Crippen LogP contribution in [0.25, 0.3) is 0 Å². The quantitative estimate of drug-likeness (QED) is 0.380. The third-order valence-corrected chi connectivity index (χ3v) is 7.53. The van der Waals surface area contributed by atoms with Crippen molar-refractivity contribution >= 4 is 23.7 Å². The lowest BCUT2D eigenvalue weighted by molar-refractivity contribution is -0.149. The number of carbonyl (C=O) groups excluding carboxylic acids is 4. The van der Waals surface area contributed by atoms with Gasteiger partial charge in [-0.25, -0.2) is 4.79 Å². The molecule has 0 unspecified atom stereocenters. The number of carbonyl (C=O) groups is 4. The molecule has 204 valence electrons. The zero-order valence-electron chi connectivity index (χ0n) is 23.4. The molecule has 0 radical (unpaired) electrons. The zero-order chi connectivity index (χ0) is 27.2. The lowest BCUT2D eigenvalue weighted by Crippen LogP contribution is -2.57. The number of hydrogen-bond donors (Lipinski definition) is 1. The Balaban J connectivity index is 2.19. The Morgan fingerprint density at radius 1 is 0.972 bits per heavy atom. The first-order valence-corrected chi connectivity index (χ1v) is 13.2. The molecule has 2 aliphatic heterocycles. The van der Waals surface area contributed by atoms with Crippen LogP contribution in [0.1, 0.15) is 66.7 Å². The van der Waals surface area contributed by atoms with E-state index in [1.54, 1.807) is 23.8 Å². The van der Waals surface area contributed by atoms with Crippen LogP contribution in [0.3, 0.4) is 0 Å². The highest BCUT2D eigenvalue weighted by atomic mass is 16.5. The SMILES string of the molecule is COC(=O)[C@@H]1CCCN1C(=O)C(C)=C[C@H](C(C)C)N(C)C(=O)[C@@H](NC(=O)[C@H]1CCCCN1C)C(C)C. The number of nitrogens with zero attached hydrogens (tertiary/aromatic N) is 3. The maximum Gasteiger partial charge on any atom is 0.328 e. The molecule has 2 fully saturated rings. The van der Waals surface area contributed by atoms with Crippen molar-refractivity contribution in [2.75, 3.05) is 34.3 Å². The van der Waals surface area contributed by atoms with E-state index in [1.165, 1.54) is 7.11 Å². The van der Waals surface area contributed by atoms with Crippen LogP contribution in [-0.4, -0.2) is 96.9 Å². The van der Waals surface area contributed by atoms with Gasteiger partial charge >= 0.3 is 5.97 Å². The predicted octanol–water partition coefficient (Wildman–Crippen LogP) is 2.20. The van der Waals surface area contributed by atoms with Crippen molar-refractivity contribution in [2.24, 2.45) is 11.8 Å². The van der Waals surface area contributed by atoms with Gasteiger partial charge in [0.15, 0.2) is 0 Å². The molecule has 0 aliphatic carbocycles. The minimum absolute atomic E-state index is 0.0321. The summed E-state index contributed by atoms with van der Waals surface area (Å²) in [5.74, 6) is -0.972. The number of ether oxygens (including phenoxy) is 1. The fourth-order valence-electron chi connectivity index (χ4n) is 5.23. The molecule has 3 amide bonds. The van der Waals surface area contributed by atoms with Crippen LogP contribution in [0.4, 0.5) is 0 Å². The van der Waals surface area contributed by atoms with Gasteiger partial charge in [0.1, 0.15) is 12.1 Å². The molecule has 2 heterocycles. The number of likely N-dealkylation sites (N-methyl/N-ethyl adjacent to an activating group) is 2. The first-order valence-electron chi connectivity index (χ1n) is 13.2. The van der Waals surface area contributed by atoms with Gasteiger partial charge < -0.3 is 19.9 Å². The first-order chi connectivity index (χ1) is 16.9. The Labute approximate surface area is 216 Å². The summed E-state index contributed by atoms with van der Waals surface area (Å²) in [7, 11) is 5.01. The largest absolute Gasteiger partial charge is 0.467 e. The van der Waals surface area contributed by atoms with Gasteiger partial charge in [-0.1, -0.05) is 40.2 Å². The lowest BCUT2D eigenvalue weighted by Gasteiger charge is -2.36. The minimum Gasteiger partial charge on any atom is -0.467 e. The van der Waals surface area contributed by atoms with Gasteiger partial charge in [-0.05, 0) is 58.0 Å². The number of piperidine rings is 1. The molecule has 2 aliphatic rings. The number of esters is 1. The maximum atomic E-state index is 13.6. The van der Waals surface area contributed by atoms with Gasteiger partial charge in [0, 0.05) is 19.2 Å². The third-order valence-electron chi connectivity index (χ3n) is 7.53. The number of rotatable bonds is 9. The summed E-state index contributed by atoms with van der Waals surface area (Å²) in [6.45, 7) is 10.9. The molecule has 0 aromatic carbocycles. The second-order valence-corrected chi connectivity index (χ2v) is 10.9. The van der Waals surface area contributed by atoms with Crippen molar-refractivity contribution in [1.29, 1.82) is 0 Å². The Hall–Kier alpha value is -2.42. The molecule has 0 bridgehead atoms. The van der Waals surface area contributed by atoms with Crippen LogP contribution in [0.5, 0.6) is 0 Å². The Morgan fingerprint density at radius 2 is 1.61 bits per heavy atom. The molecule has 0 spiro atoms. The Bertz CT molecular complexity index is 840. The molecule has 9 nitrogen and oxygen atoms in total. The molecule has 2 rings (SSSR count). The standard InChI is InChI=1S/C27H46N4O5/c1-17(2)22(16-19(5)25(33)31-15-11-13-21(31)27(35)36-8)30(7)26(34)23(18(3)4)28-24(32)20-12-9-10-14-29(20)6/h16-18,20-23H,9-15H2,1-8H3,(H,28,32)/t20-,21+,22-,23+/m1/s1. The summed E-state index contributed by atoms with van der Waals surface area (Å²) in [5.41, 5.74) is 0.484. The van der Waals surface area contributed by atoms with E-state index < -0.39 is 18.1 Å². The van der Waals surface area contributed by atoms with Crippen molar-refractivity contribution < 1.29 is 23.9 Å². The summed E-state index contributed by atoms with van der Waals surface area (Å²) >= 11 is 0. The van der Waals surface area contributed by atoms with E-state index in [9.17, 15) is 19.2 Å². The normalized spacial score (nSPS) is 22.9. The molecule has 36 heavy (non-hydrogen) atoms. The summed E-state index contributed by atoms with van der Waals surface area (Å²) in [4.78, 5) is 57.3. The lowest BCUT2D eigenvalue weighted by atomic mass is 9.96. The number of hydrogen-bond acceptors (Lipinski definition) is 6. The monoisotopic (exact) mass is 506 g/mol. The number of nitrogens with one attached hydrogen (secondary N) is 1. The topological polar surface area (TPSA) is 99.3 Å². The van der Waals surface area contributed by atoms with E-state index in [1.807, 2.05) is 40.8 Å². The highest BCUT2D eigenvalue weighted by Crippen LogP contribution is 2.23. The van der Waals surface area contributed by atoms with E-state index in [4.69, 9.17) is 4.74 Å². The molecule has 0 aromatic rings. The van der Waals surface area contributed by atoms with Crippen molar-refractivity contribution in [3.63, 3.8) is 0 Å². The van der Waals surface area contributed by atoms with Crippen molar-refractivity contribution in [3.05, 3.63) is 11.6 Å². The van der Waals surface area contributed by atoms with Crippen molar-refractivity contribution in [1.82, 2.24) is 20.0 Å². The highest BCUT2D eigenvalue weighted by Gasteiger charge is 2.37. The van der Waals surface area contributed by atoms with Gasteiger partial charge in [-0.15, -0.1) is 0 Å². The third kappa shape index (κ3) is 7.08. The molecule has 9 heteroatoms. The van der Waals surface area contributed by atoms with Gasteiger partial charge in [0.2, 0.25) is 17.7 Å². The summed E-state index contributed by atoms with van der Waals surface area (Å²) in [6, 6.07) is -1.80. The molecule has 0 aromatic heterocycles. The Kier molecular flexibility index (Phi) is 10.9. The highest BCUT2D eigenvalue weighted by molar-refractivity contribution is 5.96. The fraction of sp³-hybridized carbons (Fsp3) is 0.778. The van der Waals surface area contributed by atoms with Gasteiger partial charge in [0.05, 0.1) is 19.2 Å². The van der Waals surface area contributed by atoms with Crippen LogP contribution < -0.4 is 5.32 Å². The maximum absolute atomic E-state index is 13.6. The average Bonchev–Trinajstić information content (AvgIpc) is 3.33. The summed E-state index contributed by atoms with van der Waals surface area (Å²) in [6.07, 6.45) is 6.02. The van der Waals surface area contributed by atoms with Crippen LogP contribution in [0.15, 0.2) is 11.6 Å². The smallest absolute Gasteiger partial charge is 0.328 e. The molecular formula is C27H46N4O5. The fourth-order valence-corrected chi connectivity index (χ4v) is 5.23. The predicted molar refractivity (Wildman–Crippen MR) is 139 cm³/mol. The number of likely N-dealkylation sites (tertiary alicyclic amines) is 2. The van der Waals surface area contributed by atoms with Gasteiger partial charge in [0.25, 0.3) is 0 Å². The second kappa shape index (κ2) is 13.2. The van der Waals surface area contributed by atoms with E-state index in [0.29, 0.717) is 18.5 Å². The molecule has 2 saturated heterocycles. The summed E-state index contributed by atoms with van der Waals surface area (Å²) < 4.78 is 4.87. The van der Waals surface area contributed by atoms with Crippen LogP contribution in [0.2, 0.25) is 0 Å². The number of amides is 3. The zero-order valence-corrected chi connectivity index (χ0v) is 23.4. The van der Waals surface area contributed by atoms with Crippen LogP contribution >= 0.6 is 0 Å². The minimum atomic E-state index is -0.661. The Morgan fingerprint density at radius 3 is 2.17 bits per heavy atom. The van der Waals surface area contributed by atoms with Gasteiger partial charge in [-0.3, -0.25) is 19.3 Å². The molecular weight excluding hydrogens is 460 g/mol. The van der Waals surface area contributed by atoms with E-state index >= 15 is 0 Å². The molecule has 1 N–H and O–H groups in total. The van der Waals surface area contributed by atoms with Crippen molar-refractivity contribution in [2.45, 2.75) is 90.9 Å². The summed E-state index contributed by atoms with van der Waals surface area (Å²) in [5, 5.41) is 3.02. The second-order valence-electron chi connectivity index (χ2n) is 10.9. The van der Waals surface area contributed by atoms with Crippen LogP contribution in [-0.2, 0) is 23.9 Å². The van der Waals surface area contributed by atoms with E-state index in [2.05, 4.69) is 10.2 Å². The van der Waals surface area contributed by atoms with E-state index in [0.717, 1.165) is 32.2 Å². The number of methoxy groups -OCH3 is 1. The van der Waals surface area contributed by atoms with E-state index in [-0.39, 0.29) is 41.6 Å². The van der Waals surface area contributed by atoms with Gasteiger partial charge in [-0.2, -0.15) is 0 Å². The first kappa shape index (κ1) is 29.8. The van der Waals surface area contributed by atoms with Crippen LogP contribution in [0, 0.1) is 11.8 Å². The van der Waals surface area contributed by atoms with Crippen molar-refractivity contribution in [3.8, 4) is 0 Å².